The van der Waals surface area contributed by atoms with E-state index in [0.29, 0.717) is 6.54 Å². The van der Waals surface area contributed by atoms with E-state index in [1.165, 1.54) is 0 Å². The molecule has 0 aromatic carbocycles. The van der Waals surface area contributed by atoms with E-state index in [9.17, 15) is 4.79 Å². The van der Waals surface area contributed by atoms with Gasteiger partial charge in [-0.1, -0.05) is 19.4 Å². The smallest absolute Gasteiger partial charge is 0.315 e. The molecule has 0 saturated heterocycles. The van der Waals surface area contributed by atoms with E-state index in [0.717, 1.165) is 43.9 Å². The van der Waals surface area contributed by atoms with Gasteiger partial charge in [0.05, 0.1) is 0 Å². The summed E-state index contributed by atoms with van der Waals surface area (Å²) >= 11 is 0. The molecule has 20 heavy (non-hydrogen) atoms. The standard InChI is InChI=1S/C15H26N4O/c1-4-7-10-16-15(20)18-12-13-8-9-14(17-11-13)19(5-2)6-3/h8-9,11H,4-7,10,12H2,1-3H3,(H2,16,18,20). The van der Waals surface area contributed by atoms with Crippen LogP contribution in [0.3, 0.4) is 0 Å². The van der Waals surface area contributed by atoms with Crippen LogP contribution in [0.2, 0.25) is 0 Å². The molecular formula is C15H26N4O. The summed E-state index contributed by atoms with van der Waals surface area (Å²) in [5.74, 6) is 0.978. The van der Waals surface area contributed by atoms with Crippen LogP contribution >= 0.6 is 0 Å². The highest BCUT2D eigenvalue weighted by atomic mass is 16.2. The Morgan fingerprint density at radius 1 is 1.20 bits per heavy atom. The fourth-order valence-corrected chi connectivity index (χ4v) is 1.88. The van der Waals surface area contributed by atoms with Crippen molar-refractivity contribution in [1.29, 1.82) is 0 Å². The first-order chi connectivity index (χ1) is 9.71. The molecule has 0 aliphatic carbocycles. The zero-order valence-corrected chi connectivity index (χ0v) is 12.8. The van der Waals surface area contributed by atoms with Gasteiger partial charge in [0.1, 0.15) is 5.82 Å². The fraction of sp³-hybridized carbons (Fsp3) is 0.600. The number of rotatable bonds is 8. The summed E-state index contributed by atoms with van der Waals surface area (Å²) in [6.45, 7) is 9.44. The maximum atomic E-state index is 11.5. The van der Waals surface area contributed by atoms with E-state index in [4.69, 9.17) is 0 Å². The predicted octanol–water partition coefficient (Wildman–Crippen LogP) is 2.53. The molecule has 5 nitrogen and oxygen atoms in total. The van der Waals surface area contributed by atoms with Crippen molar-refractivity contribution in [3.05, 3.63) is 23.9 Å². The Kier molecular flexibility index (Phi) is 7.47. The molecule has 0 unspecified atom stereocenters. The molecule has 0 saturated carbocycles. The summed E-state index contributed by atoms with van der Waals surface area (Å²) in [5, 5.41) is 5.65. The van der Waals surface area contributed by atoms with Crippen molar-refractivity contribution in [3.8, 4) is 0 Å². The summed E-state index contributed by atoms with van der Waals surface area (Å²) in [4.78, 5) is 18.1. The maximum Gasteiger partial charge on any atom is 0.315 e. The van der Waals surface area contributed by atoms with Crippen molar-refractivity contribution in [3.63, 3.8) is 0 Å². The molecule has 0 radical (unpaired) electrons. The van der Waals surface area contributed by atoms with Gasteiger partial charge in [0.2, 0.25) is 0 Å². The minimum absolute atomic E-state index is 0.119. The number of aromatic nitrogens is 1. The molecule has 112 valence electrons. The first-order valence-corrected chi connectivity index (χ1v) is 7.42. The van der Waals surface area contributed by atoms with Gasteiger partial charge in [-0.3, -0.25) is 0 Å². The van der Waals surface area contributed by atoms with Gasteiger partial charge in [-0.05, 0) is 31.9 Å². The Morgan fingerprint density at radius 2 is 1.95 bits per heavy atom. The van der Waals surface area contributed by atoms with Crippen LogP contribution < -0.4 is 15.5 Å². The van der Waals surface area contributed by atoms with Gasteiger partial charge in [0.15, 0.2) is 0 Å². The average molecular weight is 278 g/mol. The Bertz CT molecular complexity index is 387. The second-order valence-corrected chi connectivity index (χ2v) is 4.66. The highest BCUT2D eigenvalue weighted by Crippen LogP contribution is 2.10. The van der Waals surface area contributed by atoms with Gasteiger partial charge < -0.3 is 15.5 Å². The zero-order valence-electron chi connectivity index (χ0n) is 12.8. The number of urea groups is 1. The lowest BCUT2D eigenvalue weighted by atomic mass is 10.2. The minimum Gasteiger partial charge on any atom is -0.357 e. The van der Waals surface area contributed by atoms with Gasteiger partial charge in [0, 0.05) is 32.4 Å². The summed E-state index contributed by atoms with van der Waals surface area (Å²) in [6.07, 6.45) is 3.91. The third-order valence-electron chi connectivity index (χ3n) is 3.17. The van der Waals surface area contributed by atoms with Gasteiger partial charge in [0.25, 0.3) is 0 Å². The lowest BCUT2D eigenvalue weighted by Crippen LogP contribution is -2.35. The van der Waals surface area contributed by atoms with Crippen molar-refractivity contribution < 1.29 is 4.79 Å². The summed E-state index contributed by atoms with van der Waals surface area (Å²) in [7, 11) is 0. The fourth-order valence-electron chi connectivity index (χ4n) is 1.88. The predicted molar refractivity (Wildman–Crippen MR) is 82.9 cm³/mol. The average Bonchev–Trinajstić information content (AvgIpc) is 2.48. The molecule has 2 amide bonds. The van der Waals surface area contributed by atoms with Crippen molar-refractivity contribution in [2.24, 2.45) is 0 Å². The molecule has 0 spiro atoms. The second kappa shape index (κ2) is 9.18. The Hall–Kier alpha value is -1.78. The van der Waals surface area contributed by atoms with Crippen LogP contribution in [0.1, 0.15) is 39.2 Å². The third kappa shape index (κ3) is 5.47. The van der Waals surface area contributed by atoms with Crippen LogP contribution in [0.4, 0.5) is 10.6 Å². The zero-order chi connectivity index (χ0) is 14.8. The van der Waals surface area contributed by atoms with Crippen LogP contribution in [-0.4, -0.2) is 30.6 Å². The van der Waals surface area contributed by atoms with Crippen molar-refractivity contribution in [1.82, 2.24) is 15.6 Å². The molecule has 1 aromatic heterocycles. The second-order valence-electron chi connectivity index (χ2n) is 4.66. The van der Waals surface area contributed by atoms with Gasteiger partial charge in [-0.2, -0.15) is 0 Å². The van der Waals surface area contributed by atoms with Crippen molar-refractivity contribution >= 4 is 11.8 Å². The molecule has 0 bridgehead atoms. The molecule has 0 fully saturated rings. The van der Waals surface area contributed by atoms with E-state index in [-0.39, 0.29) is 6.03 Å². The molecule has 2 N–H and O–H groups in total. The van der Waals surface area contributed by atoms with E-state index in [1.807, 2.05) is 18.3 Å². The number of hydrogen-bond donors (Lipinski definition) is 2. The van der Waals surface area contributed by atoms with Crippen LogP contribution in [0.15, 0.2) is 18.3 Å². The molecule has 0 atom stereocenters. The van der Waals surface area contributed by atoms with Gasteiger partial charge in [-0.15, -0.1) is 0 Å². The number of anilines is 1. The number of carbonyl (C=O) groups excluding carboxylic acids is 1. The quantitative estimate of drug-likeness (QED) is 0.718. The molecule has 1 heterocycles. The summed E-state index contributed by atoms with van der Waals surface area (Å²) < 4.78 is 0. The topological polar surface area (TPSA) is 57.3 Å². The number of pyridine rings is 1. The minimum atomic E-state index is -0.119. The largest absolute Gasteiger partial charge is 0.357 e. The number of unbranched alkanes of at least 4 members (excludes halogenated alkanes) is 1. The SMILES string of the molecule is CCCCNC(=O)NCc1ccc(N(CC)CC)nc1. The molecule has 0 aliphatic heterocycles. The number of hydrogen-bond acceptors (Lipinski definition) is 3. The summed E-state index contributed by atoms with van der Waals surface area (Å²) in [5.41, 5.74) is 1.01. The number of nitrogens with one attached hydrogen (secondary N) is 2. The van der Waals surface area contributed by atoms with Gasteiger partial charge >= 0.3 is 6.03 Å². The first-order valence-electron chi connectivity index (χ1n) is 7.42. The summed E-state index contributed by atoms with van der Waals surface area (Å²) in [6, 6.07) is 3.89. The van der Waals surface area contributed by atoms with E-state index in [2.05, 4.69) is 41.3 Å². The lowest BCUT2D eigenvalue weighted by molar-refractivity contribution is 0.240. The van der Waals surface area contributed by atoms with Crippen LogP contribution in [0.25, 0.3) is 0 Å². The third-order valence-corrected chi connectivity index (χ3v) is 3.17. The van der Waals surface area contributed by atoms with Crippen LogP contribution in [-0.2, 0) is 6.54 Å². The Morgan fingerprint density at radius 3 is 2.50 bits per heavy atom. The maximum absolute atomic E-state index is 11.5. The van der Waals surface area contributed by atoms with Gasteiger partial charge in [-0.25, -0.2) is 9.78 Å². The van der Waals surface area contributed by atoms with E-state index < -0.39 is 0 Å². The van der Waals surface area contributed by atoms with Crippen molar-refractivity contribution in [2.75, 3.05) is 24.5 Å². The highest BCUT2D eigenvalue weighted by Gasteiger charge is 2.04. The molecule has 5 heteroatoms. The number of nitrogens with zero attached hydrogens (tertiary/aromatic N) is 2. The molecular weight excluding hydrogens is 252 g/mol. The number of carbonyl (C=O) groups is 1. The highest BCUT2D eigenvalue weighted by molar-refractivity contribution is 5.73. The molecule has 0 aliphatic rings. The monoisotopic (exact) mass is 278 g/mol. The van der Waals surface area contributed by atoms with E-state index >= 15 is 0 Å². The Balaban J connectivity index is 2.39. The van der Waals surface area contributed by atoms with Crippen LogP contribution in [0, 0.1) is 0 Å². The van der Waals surface area contributed by atoms with Crippen molar-refractivity contribution in [2.45, 2.75) is 40.2 Å². The lowest BCUT2D eigenvalue weighted by Gasteiger charge is -2.19. The normalized spacial score (nSPS) is 10.2. The number of amides is 2. The Labute approximate surface area is 121 Å². The van der Waals surface area contributed by atoms with E-state index in [1.54, 1.807) is 0 Å². The van der Waals surface area contributed by atoms with Crippen LogP contribution in [0.5, 0.6) is 0 Å². The molecule has 1 aromatic rings. The first kappa shape index (κ1) is 16.3. The molecule has 1 rings (SSSR count).